The number of benzene rings is 1. The summed E-state index contributed by atoms with van der Waals surface area (Å²) in [4.78, 5) is 27.7. The molecule has 1 aromatic rings. The number of anilines is 1. The van der Waals surface area contributed by atoms with Gasteiger partial charge in [-0.2, -0.15) is 0 Å². The number of carbonyl (C=O) groups is 2. The zero-order chi connectivity index (χ0) is 22.4. The van der Waals surface area contributed by atoms with Crippen molar-refractivity contribution < 1.29 is 19.1 Å². The number of amides is 2. The SMILES string of the molecule is CO[C@H]1CN(C)C(=O)c2cc(NC(=O)C3CCCCC3)ccc2OC[C@H](C)NC[C@H]1C. The minimum Gasteiger partial charge on any atom is -0.491 e. The lowest BCUT2D eigenvalue weighted by Gasteiger charge is -2.30. The molecule has 3 atom stereocenters. The third-order valence-corrected chi connectivity index (χ3v) is 6.47. The van der Waals surface area contributed by atoms with Crippen LogP contribution in [-0.2, 0) is 9.53 Å². The summed E-state index contributed by atoms with van der Waals surface area (Å²) in [5.41, 5.74) is 1.09. The van der Waals surface area contributed by atoms with Gasteiger partial charge in [-0.25, -0.2) is 0 Å². The maximum Gasteiger partial charge on any atom is 0.257 e. The van der Waals surface area contributed by atoms with E-state index in [0.717, 1.165) is 32.2 Å². The van der Waals surface area contributed by atoms with Crippen molar-refractivity contribution in [2.45, 2.75) is 58.1 Å². The van der Waals surface area contributed by atoms with Crippen LogP contribution in [0.15, 0.2) is 18.2 Å². The minimum atomic E-state index is -0.140. The van der Waals surface area contributed by atoms with Gasteiger partial charge in [0.2, 0.25) is 5.91 Å². The molecular formula is C24H37N3O4. The summed E-state index contributed by atoms with van der Waals surface area (Å²) in [5, 5.41) is 6.50. The first kappa shape index (κ1) is 23.5. The van der Waals surface area contributed by atoms with E-state index in [1.54, 1.807) is 31.2 Å². The van der Waals surface area contributed by atoms with Crippen molar-refractivity contribution in [3.63, 3.8) is 0 Å². The molecule has 2 amide bonds. The fourth-order valence-corrected chi connectivity index (χ4v) is 4.35. The van der Waals surface area contributed by atoms with Crippen LogP contribution in [0.1, 0.15) is 56.3 Å². The summed E-state index contributed by atoms with van der Waals surface area (Å²) in [6.45, 7) is 5.88. The Morgan fingerprint density at radius 2 is 1.97 bits per heavy atom. The van der Waals surface area contributed by atoms with Crippen LogP contribution in [0.25, 0.3) is 0 Å². The highest BCUT2D eigenvalue weighted by molar-refractivity contribution is 5.99. The number of nitrogens with zero attached hydrogens (tertiary/aromatic N) is 1. The number of nitrogens with one attached hydrogen (secondary N) is 2. The van der Waals surface area contributed by atoms with Crippen LogP contribution < -0.4 is 15.4 Å². The fourth-order valence-electron chi connectivity index (χ4n) is 4.35. The van der Waals surface area contributed by atoms with E-state index in [4.69, 9.17) is 9.47 Å². The molecule has 31 heavy (non-hydrogen) atoms. The molecule has 0 aromatic heterocycles. The van der Waals surface area contributed by atoms with Crippen LogP contribution in [0.3, 0.4) is 0 Å². The number of carbonyl (C=O) groups excluding carboxylic acids is 2. The Labute approximate surface area is 185 Å². The van der Waals surface area contributed by atoms with Gasteiger partial charge < -0.3 is 25.0 Å². The van der Waals surface area contributed by atoms with Crippen molar-refractivity contribution in [1.82, 2.24) is 10.2 Å². The Balaban J connectivity index is 1.83. The van der Waals surface area contributed by atoms with Crippen LogP contribution >= 0.6 is 0 Å². The number of hydrogen-bond acceptors (Lipinski definition) is 5. The zero-order valence-corrected chi connectivity index (χ0v) is 19.3. The van der Waals surface area contributed by atoms with Gasteiger partial charge in [-0.1, -0.05) is 26.2 Å². The average molecular weight is 432 g/mol. The van der Waals surface area contributed by atoms with Gasteiger partial charge in [0.25, 0.3) is 5.91 Å². The van der Waals surface area contributed by atoms with Gasteiger partial charge in [-0.05, 0) is 43.9 Å². The van der Waals surface area contributed by atoms with E-state index in [1.807, 2.05) is 6.07 Å². The predicted octanol–water partition coefficient (Wildman–Crippen LogP) is 3.30. The topological polar surface area (TPSA) is 79.9 Å². The van der Waals surface area contributed by atoms with Gasteiger partial charge in [-0.15, -0.1) is 0 Å². The van der Waals surface area contributed by atoms with Crippen molar-refractivity contribution in [1.29, 1.82) is 0 Å². The number of fused-ring (bicyclic) bond motifs is 1. The Kier molecular flexibility index (Phi) is 8.32. The van der Waals surface area contributed by atoms with E-state index < -0.39 is 0 Å². The molecule has 1 aliphatic carbocycles. The maximum atomic E-state index is 13.3. The molecule has 7 heteroatoms. The molecule has 1 aliphatic heterocycles. The maximum absolute atomic E-state index is 13.3. The molecule has 172 valence electrons. The molecule has 1 saturated carbocycles. The number of hydrogen-bond donors (Lipinski definition) is 2. The number of likely N-dealkylation sites (N-methyl/N-ethyl adjacent to an activating group) is 1. The molecular weight excluding hydrogens is 394 g/mol. The molecule has 7 nitrogen and oxygen atoms in total. The Morgan fingerprint density at radius 1 is 1.23 bits per heavy atom. The predicted molar refractivity (Wildman–Crippen MR) is 122 cm³/mol. The average Bonchev–Trinajstić information content (AvgIpc) is 2.79. The van der Waals surface area contributed by atoms with E-state index in [-0.39, 0.29) is 35.8 Å². The quantitative estimate of drug-likeness (QED) is 0.768. The molecule has 0 bridgehead atoms. The monoisotopic (exact) mass is 431 g/mol. The lowest BCUT2D eigenvalue weighted by molar-refractivity contribution is -0.120. The summed E-state index contributed by atoms with van der Waals surface area (Å²) in [6.07, 6.45) is 5.20. The second kappa shape index (κ2) is 11.0. The lowest BCUT2D eigenvalue weighted by atomic mass is 9.88. The molecule has 1 fully saturated rings. The van der Waals surface area contributed by atoms with Crippen molar-refractivity contribution >= 4 is 17.5 Å². The van der Waals surface area contributed by atoms with Crippen molar-refractivity contribution in [2.75, 3.05) is 39.2 Å². The fraction of sp³-hybridized carbons (Fsp3) is 0.667. The summed E-state index contributed by atoms with van der Waals surface area (Å²) < 4.78 is 11.7. The summed E-state index contributed by atoms with van der Waals surface area (Å²) in [5.74, 6) is 0.728. The highest BCUT2D eigenvalue weighted by atomic mass is 16.5. The standard InChI is InChI=1S/C24H37N3O4/c1-16-13-25-17(2)15-31-21-11-10-19(26-23(28)18-8-6-5-7-9-18)12-20(21)24(29)27(3)14-22(16)30-4/h10-12,16-18,22,25H,5-9,13-15H2,1-4H3,(H,26,28)/t16-,17+,22+/m1/s1. The zero-order valence-electron chi connectivity index (χ0n) is 19.3. The van der Waals surface area contributed by atoms with Crippen LogP contribution in [-0.4, -0.2) is 62.7 Å². The molecule has 2 aliphatic rings. The first-order valence-corrected chi connectivity index (χ1v) is 11.5. The van der Waals surface area contributed by atoms with Crippen LogP contribution in [0.5, 0.6) is 5.75 Å². The van der Waals surface area contributed by atoms with E-state index in [2.05, 4.69) is 24.5 Å². The molecule has 0 saturated heterocycles. The van der Waals surface area contributed by atoms with Crippen LogP contribution in [0.4, 0.5) is 5.69 Å². The van der Waals surface area contributed by atoms with Crippen LogP contribution in [0.2, 0.25) is 0 Å². The molecule has 1 heterocycles. The van der Waals surface area contributed by atoms with Gasteiger partial charge in [-0.3, -0.25) is 9.59 Å². The van der Waals surface area contributed by atoms with Gasteiger partial charge in [0, 0.05) is 44.9 Å². The lowest BCUT2D eigenvalue weighted by Crippen LogP contribution is -2.44. The molecule has 0 radical (unpaired) electrons. The van der Waals surface area contributed by atoms with Crippen molar-refractivity contribution in [3.8, 4) is 5.75 Å². The first-order chi connectivity index (χ1) is 14.9. The molecule has 1 aromatic carbocycles. The summed E-state index contributed by atoms with van der Waals surface area (Å²) in [6, 6.07) is 5.47. The smallest absolute Gasteiger partial charge is 0.257 e. The Bertz CT molecular complexity index is 763. The highest BCUT2D eigenvalue weighted by Gasteiger charge is 2.26. The Hall–Kier alpha value is -2.12. The normalized spacial score (nSPS) is 26.3. The van der Waals surface area contributed by atoms with E-state index >= 15 is 0 Å². The van der Waals surface area contributed by atoms with Crippen molar-refractivity contribution in [2.24, 2.45) is 11.8 Å². The van der Waals surface area contributed by atoms with E-state index in [0.29, 0.717) is 30.2 Å². The molecule has 2 N–H and O–H groups in total. The third kappa shape index (κ3) is 6.20. The van der Waals surface area contributed by atoms with E-state index in [1.165, 1.54) is 6.42 Å². The van der Waals surface area contributed by atoms with Gasteiger partial charge >= 0.3 is 0 Å². The Morgan fingerprint density at radius 3 is 2.68 bits per heavy atom. The third-order valence-electron chi connectivity index (χ3n) is 6.47. The highest BCUT2D eigenvalue weighted by Crippen LogP contribution is 2.28. The first-order valence-electron chi connectivity index (χ1n) is 11.5. The van der Waals surface area contributed by atoms with Crippen LogP contribution in [0, 0.1) is 11.8 Å². The molecule has 0 spiro atoms. The largest absolute Gasteiger partial charge is 0.491 e. The second-order valence-corrected chi connectivity index (χ2v) is 9.09. The number of ether oxygens (including phenoxy) is 2. The van der Waals surface area contributed by atoms with Gasteiger partial charge in [0.15, 0.2) is 0 Å². The molecule has 3 rings (SSSR count). The van der Waals surface area contributed by atoms with E-state index in [9.17, 15) is 9.59 Å². The van der Waals surface area contributed by atoms with Gasteiger partial charge in [0.05, 0.1) is 11.7 Å². The summed E-state index contributed by atoms with van der Waals surface area (Å²) >= 11 is 0. The number of rotatable bonds is 3. The van der Waals surface area contributed by atoms with Gasteiger partial charge in [0.1, 0.15) is 12.4 Å². The van der Waals surface area contributed by atoms with Crippen molar-refractivity contribution in [3.05, 3.63) is 23.8 Å². The summed E-state index contributed by atoms with van der Waals surface area (Å²) in [7, 11) is 3.46. The number of methoxy groups -OCH3 is 1. The minimum absolute atomic E-state index is 0.0422. The second-order valence-electron chi connectivity index (χ2n) is 9.09. The molecule has 0 unspecified atom stereocenters.